The van der Waals surface area contributed by atoms with E-state index >= 15 is 0 Å². The highest BCUT2D eigenvalue weighted by molar-refractivity contribution is 6.31. The molecule has 0 aliphatic carbocycles. The van der Waals surface area contributed by atoms with Crippen LogP contribution in [0.1, 0.15) is 33.6 Å². The fourth-order valence-electron chi connectivity index (χ4n) is 1.51. The van der Waals surface area contributed by atoms with E-state index in [0.717, 1.165) is 6.42 Å². The fraction of sp³-hybridized carbons (Fsp3) is 0.786. The molecule has 0 saturated heterocycles. The molecule has 0 spiro atoms. The zero-order chi connectivity index (χ0) is 18.3. The average molecular weight is 340 g/mol. The highest BCUT2D eigenvalue weighted by Gasteiger charge is 2.15. The van der Waals surface area contributed by atoms with Gasteiger partial charge in [0.15, 0.2) is 0 Å². The summed E-state index contributed by atoms with van der Waals surface area (Å²) in [6, 6.07) is 0. The molecule has 0 unspecified atom stereocenters. The Balaban J connectivity index is 3.76. The number of hydrogen-bond acceptors (Lipinski definition) is 7. The van der Waals surface area contributed by atoms with Crippen LogP contribution in [-0.2, 0) is 4.74 Å². The smallest absolute Gasteiger partial charge is 0.407 e. The molecule has 0 aliphatic heterocycles. The Morgan fingerprint density at radius 3 is 2.62 bits per heavy atom. The maximum Gasteiger partial charge on any atom is 0.407 e. The zero-order valence-electron chi connectivity index (χ0n) is 14.7. The second-order valence-electron chi connectivity index (χ2n) is 5.92. The SMILES string of the molecule is CC(C)(C)OC(=O)NCCCN=CC(CNCCCN=[N+]=[N-])=NN. The molecule has 0 fully saturated rings. The number of azide groups is 1. The van der Waals surface area contributed by atoms with Crippen LogP contribution in [-0.4, -0.2) is 56.3 Å². The third-order valence-corrected chi connectivity index (χ3v) is 2.52. The summed E-state index contributed by atoms with van der Waals surface area (Å²) in [4.78, 5) is 18.3. The van der Waals surface area contributed by atoms with Crippen LogP contribution in [0.2, 0.25) is 0 Å². The standard InChI is InChI=1S/C14H28N8O2/c1-14(2,3)24-13(23)19-8-4-6-17-10-12(21-15)11-18-7-5-9-20-22-16/h10,18H,4-9,11,15H2,1-3H3,(H,19,23). The highest BCUT2D eigenvalue weighted by atomic mass is 16.6. The minimum Gasteiger partial charge on any atom is -0.444 e. The van der Waals surface area contributed by atoms with Crippen LogP contribution >= 0.6 is 0 Å². The number of aliphatic imine (C=N–C) groups is 1. The van der Waals surface area contributed by atoms with Gasteiger partial charge in [0, 0.05) is 37.3 Å². The van der Waals surface area contributed by atoms with Crippen molar-refractivity contribution in [3.8, 4) is 0 Å². The van der Waals surface area contributed by atoms with Crippen molar-refractivity contribution in [2.24, 2.45) is 21.1 Å². The molecule has 0 atom stereocenters. The summed E-state index contributed by atoms with van der Waals surface area (Å²) in [6.07, 6.45) is 2.61. The summed E-state index contributed by atoms with van der Waals surface area (Å²) in [5, 5.41) is 12.9. The number of rotatable bonds is 11. The van der Waals surface area contributed by atoms with Crippen molar-refractivity contribution in [2.75, 3.05) is 32.7 Å². The molecule has 0 aliphatic rings. The van der Waals surface area contributed by atoms with Crippen LogP contribution in [0.3, 0.4) is 0 Å². The van der Waals surface area contributed by atoms with Crippen molar-refractivity contribution in [3.63, 3.8) is 0 Å². The number of carbonyl (C=O) groups is 1. The number of carbonyl (C=O) groups excluding carboxylic acids is 1. The number of amides is 1. The van der Waals surface area contributed by atoms with Crippen molar-refractivity contribution in [2.45, 2.75) is 39.2 Å². The lowest BCUT2D eigenvalue weighted by Gasteiger charge is -2.19. The van der Waals surface area contributed by atoms with E-state index in [-0.39, 0.29) is 0 Å². The molecule has 0 aromatic rings. The third-order valence-electron chi connectivity index (χ3n) is 2.52. The van der Waals surface area contributed by atoms with Crippen LogP contribution in [0.4, 0.5) is 4.79 Å². The van der Waals surface area contributed by atoms with Crippen molar-refractivity contribution >= 4 is 18.0 Å². The molecule has 1 amide bonds. The van der Waals surface area contributed by atoms with E-state index in [1.165, 1.54) is 0 Å². The molecule has 0 heterocycles. The van der Waals surface area contributed by atoms with Crippen LogP contribution in [0.25, 0.3) is 10.4 Å². The molecule has 4 N–H and O–H groups in total. The average Bonchev–Trinajstić information content (AvgIpc) is 2.50. The number of nitrogens with zero attached hydrogens (tertiary/aromatic N) is 5. The monoisotopic (exact) mass is 340 g/mol. The van der Waals surface area contributed by atoms with Gasteiger partial charge in [0.2, 0.25) is 0 Å². The van der Waals surface area contributed by atoms with Crippen LogP contribution in [0.15, 0.2) is 15.2 Å². The van der Waals surface area contributed by atoms with E-state index in [1.807, 2.05) is 20.8 Å². The first-order valence-electron chi connectivity index (χ1n) is 7.84. The van der Waals surface area contributed by atoms with E-state index in [4.69, 9.17) is 16.1 Å². The van der Waals surface area contributed by atoms with Gasteiger partial charge in [0.25, 0.3) is 0 Å². The predicted molar refractivity (Wildman–Crippen MR) is 95.3 cm³/mol. The zero-order valence-corrected chi connectivity index (χ0v) is 14.7. The van der Waals surface area contributed by atoms with E-state index in [1.54, 1.807) is 6.21 Å². The first kappa shape index (κ1) is 21.7. The van der Waals surface area contributed by atoms with Crippen LogP contribution < -0.4 is 16.5 Å². The molecule has 10 heteroatoms. The lowest BCUT2D eigenvalue weighted by atomic mass is 10.2. The first-order chi connectivity index (χ1) is 11.4. The van der Waals surface area contributed by atoms with Gasteiger partial charge in [0.05, 0.1) is 5.71 Å². The van der Waals surface area contributed by atoms with Gasteiger partial charge in [-0.1, -0.05) is 5.11 Å². The van der Waals surface area contributed by atoms with Crippen molar-refractivity contribution in [3.05, 3.63) is 10.4 Å². The van der Waals surface area contributed by atoms with E-state index < -0.39 is 11.7 Å². The second-order valence-corrected chi connectivity index (χ2v) is 5.92. The number of nitrogens with one attached hydrogen (secondary N) is 2. The van der Waals surface area contributed by atoms with Gasteiger partial charge in [-0.05, 0) is 45.7 Å². The Morgan fingerprint density at radius 2 is 2.00 bits per heavy atom. The summed E-state index contributed by atoms with van der Waals surface area (Å²) in [5.41, 5.74) is 8.27. The van der Waals surface area contributed by atoms with Gasteiger partial charge < -0.3 is 21.2 Å². The quantitative estimate of drug-likeness (QED) is 0.0994. The van der Waals surface area contributed by atoms with E-state index in [9.17, 15) is 4.79 Å². The largest absolute Gasteiger partial charge is 0.444 e. The van der Waals surface area contributed by atoms with Crippen molar-refractivity contribution < 1.29 is 9.53 Å². The maximum atomic E-state index is 11.4. The van der Waals surface area contributed by atoms with E-state index in [0.29, 0.717) is 44.9 Å². The normalized spacial score (nSPS) is 12.0. The molecule has 0 rings (SSSR count). The van der Waals surface area contributed by atoms with Crippen LogP contribution in [0.5, 0.6) is 0 Å². The highest BCUT2D eigenvalue weighted by Crippen LogP contribution is 2.06. The van der Waals surface area contributed by atoms with Crippen molar-refractivity contribution in [1.82, 2.24) is 10.6 Å². The molecule has 0 saturated carbocycles. The van der Waals surface area contributed by atoms with Gasteiger partial charge >= 0.3 is 6.09 Å². The summed E-state index contributed by atoms with van der Waals surface area (Å²) < 4.78 is 5.12. The number of ether oxygens (including phenoxy) is 1. The Bertz CT molecular complexity index is 464. The Hall–Kier alpha value is -2.32. The summed E-state index contributed by atoms with van der Waals surface area (Å²) >= 11 is 0. The Morgan fingerprint density at radius 1 is 1.29 bits per heavy atom. The predicted octanol–water partition coefficient (Wildman–Crippen LogP) is 1.58. The lowest BCUT2D eigenvalue weighted by Crippen LogP contribution is -2.33. The topological polar surface area (TPSA) is 150 Å². The third kappa shape index (κ3) is 14.6. The first-order valence-corrected chi connectivity index (χ1v) is 7.84. The number of hydrogen-bond donors (Lipinski definition) is 3. The summed E-state index contributed by atoms with van der Waals surface area (Å²) in [5.74, 6) is 5.29. The summed E-state index contributed by atoms with van der Waals surface area (Å²) in [6.45, 7) is 8.13. The fourth-order valence-corrected chi connectivity index (χ4v) is 1.51. The lowest BCUT2D eigenvalue weighted by molar-refractivity contribution is 0.0527. The van der Waals surface area contributed by atoms with Gasteiger partial charge in [0.1, 0.15) is 5.60 Å². The van der Waals surface area contributed by atoms with Gasteiger partial charge in [-0.2, -0.15) is 5.10 Å². The number of hydrazone groups is 1. The number of alkyl carbamates (subject to hydrolysis) is 1. The minimum absolute atomic E-state index is 0.430. The molecular formula is C14H28N8O2. The molecule has 136 valence electrons. The maximum absolute atomic E-state index is 11.4. The van der Waals surface area contributed by atoms with Gasteiger partial charge in [-0.3, -0.25) is 4.99 Å². The molecule has 0 bridgehead atoms. The molecule has 24 heavy (non-hydrogen) atoms. The molecule has 0 aromatic carbocycles. The molecule has 0 radical (unpaired) electrons. The second kappa shape index (κ2) is 13.1. The van der Waals surface area contributed by atoms with Crippen molar-refractivity contribution in [1.29, 1.82) is 0 Å². The number of nitrogens with two attached hydrogens (primary N) is 1. The van der Waals surface area contributed by atoms with Gasteiger partial charge in [-0.25, -0.2) is 4.79 Å². The molecule has 10 nitrogen and oxygen atoms in total. The summed E-state index contributed by atoms with van der Waals surface area (Å²) in [7, 11) is 0. The molecule has 0 aromatic heterocycles. The van der Waals surface area contributed by atoms with Crippen LogP contribution in [0, 0.1) is 0 Å². The molecular weight excluding hydrogens is 312 g/mol. The van der Waals surface area contributed by atoms with E-state index in [2.05, 4.69) is 30.8 Å². The minimum atomic E-state index is -0.497. The Kier molecular flexibility index (Phi) is 11.9. The van der Waals surface area contributed by atoms with Gasteiger partial charge in [-0.15, -0.1) is 0 Å². The Labute approximate surface area is 142 Å².